The highest BCUT2D eigenvalue weighted by molar-refractivity contribution is 6.35. The molecule has 1 aromatic carbocycles. The van der Waals surface area contributed by atoms with Crippen LogP contribution in [0.25, 0.3) is 0 Å². The SMILES string of the molecule is C=CCN(CC(=O)OCC)Cc1c(Cl)cccc1Cl. The Morgan fingerprint density at radius 2 is 2.05 bits per heavy atom. The van der Waals surface area contributed by atoms with Crippen molar-refractivity contribution in [3.05, 3.63) is 46.5 Å². The highest BCUT2D eigenvalue weighted by atomic mass is 35.5. The van der Waals surface area contributed by atoms with E-state index in [9.17, 15) is 4.79 Å². The topological polar surface area (TPSA) is 29.5 Å². The van der Waals surface area contributed by atoms with E-state index >= 15 is 0 Å². The molecule has 5 heteroatoms. The summed E-state index contributed by atoms with van der Waals surface area (Å²) >= 11 is 12.2. The molecule has 0 aromatic heterocycles. The van der Waals surface area contributed by atoms with Gasteiger partial charge in [0, 0.05) is 28.7 Å². The van der Waals surface area contributed by atoms with Crippen molar-refractivity contribution < 1.29 is 9.53 Å². The molecule has 0 radical (unpaired) electrons. The molecule has 0 aliphatic carbocycles. The average Bonchev–Trinajstić information content (AvgIpc) is 2.34. The molecule has 0 fully saturated rings. The molecule has 0 unspecified atom stereocenters. The van der Waals surface area contributed by atoms with Crippen molar-refractivity contribution in [3.8, 4) is 0 Å². The molecule has 0 saturated heterocycles. The van der Waals surface area contributed by atoms with Gasteiger partial charge >= 0.3 is 5.97 Å². The molecule has 1 aromatic rings. The van der Waals surface area contributed by atoms with Crippen LogP contribution in [-0.2, 0) is 16.1 Å². The number of esters is 1. The smallest absolute Gasteiger partial charge is 0.320 e. The molecule has 3 nitrogen and oxygen atoms in total. The van der Waals surface area contributed by atoms with Crippen LogP contribution in [0.3, 0.4) is 0 Å². The van der Waals surface area contributed by atoms with Gasteiger partial charge in [-0.15, -0.1) is 6.58 Å². The van der Waals surface area contributed by atoms with Gasteiger partial charge in [-0.3, -0.25) is 9.69 Å². The summed E-state index contributed by atoms with van der Waals surface area (Å²) in [5.41, 5.74) is 0.803. The van der Waals surface area contributed by atoms with Gasteiger partial charge in [0.05, 0.1) is 13.2 Å². The van der Waals surface area contributed by atoms with E-state index in [0.29, 0.717) is 29.7 Å². The molecule has 0 bridgehead atoms. The summed E-state index contributed by atoms with van der Waals surface area (Å²) < 4.78 is 4.94. The van der Waals surface area contributed by atoms with E-state index in [4.69, 9.17) is 27.9 Å². The average molecular weight is 302 g/mol. The number of rotatable bonds is 7. The quantitative estimate of drug-likeness (QED) is 0.570. The monoisotopic (exact) mass is 301 g/mol. The van der Waals surface area contributed by atoms with Crippen LogP contribution >= 0.6 is 23.2 Å². The van der Waals surface area contributed by atoms with Crippen LogP contribution in [0, 0.1) is 0 Å². The Balaban J connectivity index is 2.77. The number of carbonyl (C=O) groups is 1. The predicted octanol–water partition coefficient (Wildman–Crippen LogP) is 3.54. The summed E-state index contributed by atoms with van der Waals surface area (Å²) in [5.74, 6) is -0.271. The van der Waals surface area contributed by atoms with Crippen LogP contribution in [0.5, 0.6) is 0 Å². The molecule has 104 valence electrons. The third-order valence-corrected chi connectivity index (χ3v) is 3.20. The highest BCUT2D eigenvalue weighted by Gasteiger charge is 2.14. The lowest BCUT2D eigenvalue weighted by molar-refractivity contribution is -0.144. The molecule has 0 aliphatic rings. The standard InChI is InChI=1S/C14H17Cl2NO2/c1-3-8-17(10-14(18)19-4-2)9-11-12(15)6-5-7-13(11)16/h3,5-7H,1,4,8-10H2,2H3. The number of hydrogen-bond donors (Lipinski definition) is 0. The highest BCUT2D eigenvalue weighted by Crippen LogP contribution is 2.25. The summed E-state index contributed by atoms with van der Waals surface area (Å²) in [7, 11) is 0. The summed E-state index contributed by atoms with van der Waals surface area (Å²) in [4.78, 5) is 13.4. The zero-order chi connectivity index (χ0) is 14.3. The van der Waals surface area contributed by atoms with Gasteiger partial charge in [-0.2, -0.15) is 0 Å². The van der Waals surface area contributed by atoms with E-state index in [1.807, 2.05) is 4.90 Å². The molecule has 1 rings (SSSR count). The van der Waals surface area contributed by atoms with Gasteiger partial charge in [0.15, 0.2) is 0 Å². The number of hydrogen-bond acceptors (Lipinski definition) is 3. The Morgan fingerprint density at radius 3 is 2.58 bits per heavy atom. The van der Waals surface area contributed by atoms with Gasteiger partial charge in [-0.1, -0.05) is 35.3 Å². The van der Waals surface area contributed by atoms with Gasteiger partial charge in [-0.05, 0) is 19.1 Å². The Hall–Kier alpha value is -1.03. The van der Waals surface area contributed by atoms with Crippen LogP contribution in [0.4, 0.5) is 0 Å². The minimum atomic E-state index is -0.271. The number of nitrogens with zero attached hydrogens (tertiary/aromatic N) is 1. The number of halogens is 2. The van der Waals surface area contributed by atoms with E-state index < -0.39 is 0 Å². The zero-order valence-corrected chi connectivity index (χ0v) is 12.4. The van der Waals surface area contributed by atoms with Crippen LogP contribution in [0.2, 0.25) is 10.0 Å². The molecule has 0 aliphatic heterocycles. The number of ether oxygens (including phenoxy) is 1. The van der Waals surface area contributed by atoms with Gasteiger partial charge in [0.1, 0.15) is 0 Å². The van der Waals surface area contributed by atoms with Crippen molar-refractivity contribution in [2.24, 2.45) is 0 Å². The second-order valence-corrected chi connectivity index (χ2v) is 4.78. The van der Waals surface area contributed by atoms with E-state index in [2.05, 4.69) is 6.58 Å². The molecule has 0 heterocycles. The third kappa shape index (κ3) is 5.23. The van der Waals surface area contributed by atoms with Crippen LogP contribution in [0.1, 0.15) is 12.5 Å². The maximum absolute atomic E-state index is 11.5. The molecule has 19 heavy (non-hydrogen) atoms. The molecule has 0 N–H and O–H groups in total. The van der Waals surface area contributed by atoms with Gasteiger partial charge < -0.3 is 4.74 Å². The Morgan fingerprint density at radius 1 is 1.42 bits per heavy atom. The molecular formula is C14H17Cl2NO2. The predicted molar refractivity (Wildman–Crippen MR) is 78.6 cm³/mol. The van der Waals surface area contributed by atoms with Crippen molar-refractivity contribution in [1.29, 1.82) is 0 Å². The third-order valence-electron chi connectivity index (χ3n) is 2.49. The van der Waals surface area contributed by atoms with Crippen LogP contribution < -0.4 is 0 Å². The summed E-state index contributed by atoms with van der Waals surface area (Å²) in [6.45, 7) is 7.04. The van der Waals surface area contributed by atoms with Crippen molar-refractivity contribution in [1.82, 2.24) is 4.90 Å². The second-order valence-electron chi connectivity index (χ2n) is 3.96. The Kier molecular flexibility index (Phi) is 6.92. The van der Waals surface area contributed by atoms with E-state index in [0.717, 1.165) is 5.56 Å². The van der Waals surface area contributed by atoms with E-state index in [-0.39, 0.29) is 12.5 Å². The van der Waals surface area contributed by atoms with Crippen molar-refractivity contribution in [3.63, 3.8) is 0 Å². The minimum absolute atomic E-state index is 0.182. The van der Waals surface area contributed by atoms with Crippen molar-refractivity contribution in [2.45, 2.75) is 13.5 Å². The summed E-state index contributed by atoms with van der Waals surface area (Å²) in [6, 6.07) is 5.34. The summed E-state index contributed by atoms with van der Waals surface area (Å²) in [5, 5.41) is 1.18. The first kappa shape index (κ1) is 16.0. The van der Waals surface area contributed by atoms with Gasteiger partial charge in [0.25, 0.3) is 0 Å². The molecule has 0 atom stereocenters. The summed E-state index contributed by atoms with van der Waals surface area (Å²) in [6.07, 6.45) is 1.73. The van der Waals surface area contributed by atoms with Gasteiger partial charge in [0.2, 0.25) is 0 Å². The maximum Gasteiger partial charge on any atom is 0.320 e. The number of benzene rings is 1. The fraction of sp³-hybridized carbons (Fsp3) is 0.357. The fourth-order valence-corrected chi connectivity index (χ4v) is 2.18. The molecule has 0 amide bonds. The zero-order valence-electron chi connectivity index (χ0n) is 10.9. The molecule has 0 spiro atoms. The van der Waals surface area contributed by atoms with E-state index in [1.54, 1.807) is 31.2 Å². The first-order chi connectivity index (χ1) is 9.08. The lowest BCUT2D eigenvalue weighted by Crippen LogP contribution is -2.31. The van der Waals surface area contributed by atoms with Crippen LogP contribution in [-0.4, -0.2) is 30.6 Å². The number of carbonyl (C=O) groups excluding carboxylic acids is 1. The Bertz CT molecular complexity index is 429. The Labute approximate surface area is 123 Å². The normalized spacial score (nSPS) is 10.5. The fourth-order valence-electron chi connectivity index (χ4n) is 1.66. The second kappa shape index (κ2) is 8.20. The first-order valence-electron chi connectivity index (χ1n) is 6.00. The largest absolute Gasteiger partial charge is 0.465 e. The van der Waals surface area contributed by atoms with Crippen molar-refractivity contribution in [2.75, 3.05) is 19.7 Å². The molecular weight excluding hydrogens is 285 g/mol. The maximum atomic E-state index is 11.5. The lowest BCUT2D eigenvalue weighted by Gasteiger charge is -2.20. The van der Waals surface area contributed by atoms with E-state index in [1.165, 1.54) is 0 Å². The van der Waals surface area contributed by atoms with Gasteiger partial charge in [-0.25, -0.2) is 0 Å². The van der Waals surface area contributed by atoms with Crippen molar-refractivity contribution >= 4 is 29.2 Å². The minimum Gasteiger partial charge on any atom is -0.465 e. The molecule has 0 saturated carbocycles. The van der Waals surface area contributed by atoms with Crippen LogP contribution in [0.15, 0.2) is 30.9 Å². The first-order valence-corrected chi connectivity index (χ1v) is 6.75. The lowest BCUT2D eigenvalue weighted by atomic mass is 10.2.